The van der Waals surface area contributed by atoms with Crippen LogP contribution in [0.3, 0.4) is 0 Å². The summed E-state index contributed by atoms with van der Waals surface area (Å²) in [7, 11) is 0. The van der Waals surface area contributed by atoms with Crippen molar-refractivity contribution in [3.05, 3.63) is 24.0 Å². The SMILES string of the molecule is O=C(O)c1ncccc1OCC(=O)N1CCCCC1. The predicted molar refractivity (Wildman–Crippen MR) is 67.1 cm³/mol. The lowest BCUT2D eigenvalue weighted by molar-refractivity contribution is -0.134. The number of hydrogen-bond acceptors (Lipinski definition) is 4. The highest BCUT2D eigenvalue weighted by atomic mass is 16.5. The molecule has 6 nitrogen and oxygen atoms in total. The molecule has 1 saturated heterocycles. The number of amides is 1. The largest absolute Gasteiger partial charge is 0.481 e. The number of ether oxygens (including phenoxy) is 1. The highest BCUT2D eigenvalue weighted by Crippen LogP contribution is 2.15. The minimum Gasteiger partial charge on any atom is -0.481 e. The molecule has 1 fully saturated rings. The normalized spacial score (nSPS) is 15.1. The number of carbonyl (C=O) groups is 2. The zero-order valence-electron chi connectivity index (χ0n) is 10.5. The van der Waals surface area contributed by atoms with E-state index in [1.807, 2.05) is 0 Å². The summed E-state index contributed by atoms with van der Waals surface area (Å²) in [5.74, 6) is -1.15. The molecule has 1 aromatic heterocycles. The molecule has 1 aromatic rings. The summed E-state index contributed by atoms with van der Waals surface area (Å²) in [5.41, 5.74) is -0.172. The van der Waals surface area contributed by atoms with E-state index in [9.17, 15) is 9.59 Å². The lowest BCUT2D eigenvalue weighted by atomic mass is 10.1. The minimum absolute atomic E-state index is 0.111. The van der Waals surface area contributed by atoms with E-state index in [0.717, 1.165) is 32.4 Å². The molecule has 0 bridgehead atoms. The Morgan fingerprint density at radius 2 is 2.05 bits per heavy atom. The molecule has 1 aliphatic rings. The van der Waals surface area contributed by atoms with Crippen molar-refractivity contribution in [2.75, 3.05) is 19.7 Å². The molecule has 0 unspecified atom stereocenters. The molecule has 1 aliphatic heterocycles. The van der Waals surface area contributed by atoms with Crippen LogP contribution in [0.2, 0.25) is 0 Å². The number of piperidine rings is 1. The molecule has 102 valence electrons. The molecule has 1 N–H and O–H groups in total. The van der Waals surface area contributed by atoms with Gasteiger partial charge < -0.3 is 14.7 Å². The van der Waals surface area contributed by atoms with Crippen molar-refractivity contribution in [3.63, 3.8) is 0 Å². The number of pyridine rings is 1. The van der Waals surface area contributed by atoms with Crippen LogP contribution >= 0.6 is 0 Å². The van der Waals surface area contributed by atoms with Crippen LogP contribution in [0, 0.1) is 0 Å². The van der Waals surface area contributed by atoms with E-state index in [1.165, 1.54) is 12.3 Å². The molecular formula is C13H16N2O4. The Hall–Kier alpha value is -2.11. The van der Waals surface area contributed by atoms with Gasteiger partial charge in [0, 0.05) is 19.3 Å². The summed E-state index contributed by atoms with van der Waals surface area (Å²) in [6, 6.07) is 3.08. The summed E-state index contributed by atoms with van der Waals surface area (Å²) < 4.78 is 5.28. The zero-order chi connectivity index (χ0) is 13.7. The molecule has 2 rings (SSSR count). The lowest BCUT2D eigenvalue weighted by Crippen LogP contribution is -2.38. The average Bonchev–Trinajstić information content (AvgIpc) is 2.46. The van der Waals surface area contributed by atoms with Crippen LogP contribution < -0.4 is 4.74 Å². The Bertz CT molecular complexity index is 469. The minimum atomic E-state index is -1.17. The van der Waals surface area contributed by atoms with Gasteiger partial charge in [-0.2, -0.15) is 0 Å². The number of hydrogen-bond donors (Lipinski definition) is 1. The summed E-state index contributed by atoms with van der Waals surface area (Å²) in [5, 5.41) is 8.94. The van der Waals surface area contributed by atoms with Gasteiger partial charge >= 0.3 is 5.97 Å². The summed E-state index contributed by atoms with van der Waals surface area (Å²) in [6.45, 7) is 1.36. The summed E-state index contributed by atoms with van der Waals surface area (Å²) >= 11 is 0. The third-order valence-electron chi connectivity index (χ3n) is 3.03. The van der Waals surface area contributed by atoms with E-state index < -0.39 is 5.97 Å². The van der Waals surface area contributed by atoms with E-state index in [4.69, 9.17) is 9.84 Å². The number of rotatable bonds is 4. The van der Waals surface area contributed by atoms with Crippen molar-refractivity contribution in [3.8, 4) is 5.75 Å². The Kier molecular flexibility index (Phi) is 4.33. The van der Waals surface area contributed by atoms with Crippen LogP contribution in [0.5, 0.6) is 5.75 Å². The summed E-state index contributed by atoms with van der Waals surface area (Å²) in [4.78, 5) is 28.3. The molecule has 0 atom stereocenters. The number of aromatic nitrogens is 1. The smallest absolute Gasteiger partial charge is 0.358 e. The Balaban J connectivity index is 1.94. The highest BCUT2D eigenvalue weighted by molar-refractivity contribution is 5.88. The van der Waals surface area contributed by atoms with Crippen LogP contribution in [0.1, 0.15) is 29.8 Å². The number of nitrogens with zero attached hydrogens (tertiary/aromatic N) is 2. The van der Waals surface area contributed by atoms with E-state index >= 15 is 0 Å². The van der Waals surface area contributed by atoms with Gasteiger partial charge in [0.05, 0.1) is 0 Å². The molecule has 2 heterocycles. The average molecular weight is 264 g/mol. The quantitative estimate of drug-likeness (QED) is 0.883. The third-order valence-corrected chi connectivity index (χ3v) is 3.03. The second-order valence-corrected chi connectivity index (χ2v) is 4.39. The van der Waals surface area contributed by atoms with Crippen molar-refractivity contribution in [1.29, 1.82) is 0 Å². The maximum Gasteiger partial charge on any atom is 0.358 e. The van der Waals surface area contributed by atoms with Gasteiger partial charge in [0.15, 0.2) is 18.1 Å². The van der Waals surface area contributed by atoms with Crippen molar-refractivity contribution >= 4 is 11.9 Å². The molecule has 0 aliphatic carbocycles. The van der Waals surface area contributed by atoms with E-state index in [2.05, 4.69) is 4.98 Å². The van der Waals surface area contributed by atoms with Crippen molar-refractivity contribution in [2.24, 2.45) is 0 Å². The number of carboxylic acids is 1. The van der Waals surface area contributed by atoms with Crippen LogP contribution in [-0.2, 0) is 4.79 Å². The molecule has 0 aromatic carbocycles. The second-order valence-electron chi connectivity index (χ2n) is 4.39. The molecular weight excluding hydrogens is 248 g/mol. The lowest BCUT2D eigenvalue weighted by Gasteiger charge is -2.26. The first kappa shape index (κ1) is 13.3. The number of carboxylic acid groups (broad SMARTS) is 1. The van der Waals surface area contributed by atoms with Gasteiger partial charge in [0.25, 0.3) is 5.91 Å². The van der Waals surface area contributed by atoms with Crippen LogP contribution in [0.15, 0.2) is 18.3 Å². The molecule has 6 heteroatoms. The van der Waals surface area contributed by atoms with Gasteiger partial charge in [-0.25, -0.2) is 9.78 Å². The Morgan fingerprint density at radius 1 is 1.32 bits per heavy atom. The van der Waals surface area contributed by atoms with Gasteiger partial charge in [0.2, 0.25) is 0 Å². The maximum absolute atomic E-state index is 11.9. The van der Waals surface area contributed by atoms with E-state index in [-0.39, 0.29) is 24.0 Å². The predicted octanol–water partition coefficient (Wildman–Crippen LogP) is 1.17. The number of aromatic carboxylic acids is 1. The first-order chi connectivity index (χ1) is 9.18. The van der Waals surface area contributed by atoms with Gasteiger partial charge in [0.1, 0.15) is 0 Å². The molecule has 1 amide bonds. The van der Waals surface area contributed by atoms with Crippen molar-refractivity contribution < 1.29 is 19.4 Å². The Morgan fingerprint density at radius 3 is 2.74 bits per heavy atom. The van der Waals surface area contributed by atoms with Gasteiger partial charge in [-0.3, -0.25) is 4.79 Å². The Labute approximate surface area is 111 Å². The topological polar surface area (TPSA) is 79.7 Å². The fraction of sp³-hybridized carbons (Fsp3) is 0.462. The van der Waals surface area contributed by atoms with Gasteiger partial charge in [-0.05, 0) is 31.4 Å². The molecule has 0 spiro atoms. The fourth-order valence-electron chi connectivity index (χ4n) is 2.04. The van der Waals surface area contributed by atoms with Gasteiger partial charge in [-0.15, -0.1) is 0 Å². The number of carbonyl (C=O) groups excluding carboxylic acids is 1. The first-order valence-corrected chi connectivity index (χ1v) is 6.27. The highest BCUT2D eigenvalue weighted by Gasteiger charge is 2.18. The molecule has 0 saturated carbocycles. The second kappa shape index (κ2) is 6.17. The van der Waals surface area contributed by atoms with Crippen LogP contribution in [0.25, 0.3) is 0 Å². The van der Waals surface area contributed by atoms with E-state index in [0.29, 0.717) is 0 Å². The standard InChI is InChI=1S/C13H16N2O4/c16-11(15-7-2-1-3-8-15)9-19-10-5-4-6-14-12(10)13(17)18/h4-6H,1-3,7-9H2,(H,17,18). The van der Waals surface area contributed by atoms with Crippen LogP contribution in [0.4, 0.5) is 0 Å². The first-order valence-electron chi connectivity index (χ1n) is 6.27. The summed E-state index contributed by atoms with van der Waals surface area (Å²) in [6.07, 6.45) is 4.55. The van der Waals surface area contributed by atoms with Crippen LogP contribution in [-0.4, -0.2) is 46.6 Å². The molecule has 19 heavy (non-hydrogen) atoms. The molecule has 0 radical (unpaired) electrons. The fourth-order valence-corrected chi connectivity index (χ4v) is 2.04. The number of likely N-dealkylation sites (tertiary alicyclic amines) is 1. The van der Waals surface area contributed by atoms with Crippen molar-refractivity contribution in [1.82, 2.24) is 9.88 Å². The monoisotopic (exact) mass is 264 g/mol. The zero-order valence-corrected chi connectivity index (χ0v) is 10.5. The third kappa shape index (κ3) is 3.43. The van der Waals surface area contributed by atoms with Crippen molar-refractivity contribution in [2.45, 2.75) is 19.3 Å². The van der Waals surface area contributed by atoms with Gasteiger partial charge in [-0.1, -0.05) is 0 Å². The maximum atomic E-state index is 11.9. The van der Waals surface area contributed by atoms with E-state index in [1.54, 1.807) is 11.0 Å².